The van der Waals surface area contributed by atoms with Crippen molar-refractivity contribution in [1.29, 1.82) is 0 Å². The van der Waals surface area contributed by atoms with E-state index in [1.807, 2.05) is 26.0 Å². The van der Waals surface area contributed by atoms with E-state index in [9.17, 15) is 4.79 Å². The van der Waals surface area contributed by atoms with Gasteiger partial charge in [0.15, 0.2) is 0 Å². The highest BCUT2D eigenvalue weighted by Crippen LogP contribution is 2.43. The standard InChI is InChI=1S/C15H22O5/c1-15(2,8-12(16)17)13-11(19-4)7-6-10(9-18-3)14(13)20-5/h6-7H,8-9H2,1-5H3,(H,16,17). The molecule has 0 radical (unpaired) electrons. The van der Waals surface area contributed by atoms with Gasteiger partial charge in [-0.05, 0) is 12.1 Å². The normalized spacial score (nSPS) is 11.2. The summed E-state index contributed by atoms with van der Waals surface area (Å²) in [4.78, 5) is 11.1. The van der Waals surface area contributed by atoms with Gasteiger partial charge in [-0.15, -0.1) is 0 Å². The molecule has 0 aliphatic rings. The molecule has 112 valence electrons. The number of hydrogen-bond donors (Lipinski definition) is 1. The first-order valence-corrected chi connectivity index (χ1v) is 6.32. The zero-order valence-electron chi connectivity index (χ0n) is 12.6. The first kappa shape index (κ1) is 16.3. The van der Waals surface area contributed by atoms with Gasteiger partial charge >= 0.3 is 5.97 Å². The molecular weight excluding hydrogens is 260 g/mol. The van der Waals surface area contributed by atoms with E-state index in [0.717, 1.165) is 11.1 Å². The quantitative estimate of drug-likeness (QED) is 0.832. The largest absolute Gasteiger partial charge is 0.496 e. The van der Waals surface area contributed by atoms with Gasteiger partial charge in [-0.2, -0.15) is 0 Å². The van der Waals surface area contributed by atoms with Crippen LogP contribution >= 0.6 is 0 Å². The molecule has 5 nitrogen and oxygen atoms in total. The molecule has 1 aromatic rings. The van der Waals surface area contributed by atoms with Gasteiger partial charge in [0.05, 0.1) is 27.2 Å². The fraction of sp³-hybridized carbons (Fsp3) is 0.533. The van der Waals surface area contributed by atoms with Gasteiger partial charge in [0.1, 0.15) is 11.5 Å². The van der Waals surface area contributed by atoms with E-state index < -0.39 is 11.4 Å². The van der Waals surface area contributed by atoms with Crippen LogP contribution in [0.1, 0.15) is 31.4 Å². The van der Waals surface area contributed by atoms with Crippen molar-refractivity contribution >= 4 is 5.97 Å². The van der Waals surface area contributed by atoms with Crippen LogP contribution in [-0.2, 0) is 21.6 Å². The van der Waals surface area contributed by atoms with Gasteiger partial charge in [0.2, 0.25) is 0 Å². The van der Waals surface area contributed by atoms with Crippen molar-refractivity contribution in [2.75, 3.05) is 21.3 Å². The summed E-state index contributed by atoms with van der Waals surface area (Å²) >= 11 is 0. The molecule has 0 aliphatic heterocycles. The van der Waals surface area contributed by atoms with Crippen molar-refractivity contribution < 1.29 is 24.1 Å². The lowest BCUT2D eigenvalue weighted by Gasteiger charge is -2.28. The molecule has 0 spiro atoms. The number of ether oxygens (including phenoxy) is 3. The highest BCUT2D eigenvalue weighted by molar-refractivity contribution is 5.70. The molecule has 0 aliphatic carbocycles. The van der Waals surface area contributed by atoms with Crippen molar-refractivity contribution in [3.05, 3.63) is 23.3 Å². The van der Waals surface area contributed by atoms with Crippen LogP contribution in [0.3, 0.4) is 0 Å². The molecule has 5 heteroatoms. The molecule has 0 saturated heterocycles. The van der Waals surface area contributed by atoms with Gasteiger partial charge in [-0.3, -0.25) is 4.79 Å². The Labute approximate surface area is 119 Å². The lowest BCUT2D eigenvalue weighted by molar-refractivity contribution is -0.138. The number of rotatable bonds is 7. The number of hydrogen-bond acceptors (Lipinski definition) is 4. The van der Waals surface area contributed by atoms with Crippen LogP contribution < -0.4 is 9.47 Å². The number of carboxylic acid groups (broad SMARTS) is 1. The van der Waals surface area contributed by atoms with E-state index >= 15 is 0 Å². The molecular formula is C15H22O5. The summed E-state index contributed by atoms with van der Waals surface area (Å²) in [7, 11) is 4.73. The fourth-order valence-corrected chi connectivity index (χ4v) is 2.39. The summed E-state index contributed by atoms with van der Waals surface area (Å²) in [5.41, 5.74) is 0.996. The van der Waals surface area contributed by atoms with Crippen molar-refractivity contribution in [1.82, 2.24) is 0 Å². The van der Waals surface area contributed by atoms with Gasteiger partial charge in [0, 0.05) is 23.7 Å². The van der Waals surface area contributed by atoms with Crippen LogP contribution in [-0.4, -0.2) is 32.4 Å². The van der Waals surface area contributed by atoms with Crippen LogP contribution in [0, 0.1) is 0 Å². The molecule has 0 fully saturated rings. The van der Waals surface area contributed by atoms with Crippen molar-refractivity contribution in [3.8, 4) is 11.5 Å². The third-order valence-corrected chi connectivity index (χ3v) is 3.19. The van der Waals surface area contributed by atoms with Crippen LogP contribution in [0.25, 0.3) is 0 Å². The van der Waals surface area contributed by atoms with E-state index in [4.69, 9.17) is 19.3 Å². The van der Waals surface area contributed by atoms with Gasteiger partial charge in [-0.25, -0.2) is 0 Å². The average Bonchev–Trinajstić information content (AvgIpc) is 2.36. The monoisotopic (exact) mass is 282 g/mol. The smallest absolute Gasteiger partial charge is 0.304 e. The Morgan fingerprint density at radius 1 is 1.20 bits per heavy atom. The maximum absolute atomic E-state index is 11.1. The van der Waals surface area contributed by atoms with Crippen LogP contribution in [0.4, 0.5) is 0 Å². The van der Waals surface area contributed by atoms with Crippen LogP contribution in [0.5, 0.6) is 11.5 Å². The molecule has 20 heavy (non-hydrogen) atoms. The van der Waals surface area contributed by atoms with Crippen molar-refractivity contribution in [2.24, 2.45) is 0 Å². The molecule has 0 saturated carbocycles. The fourth-order valence-electron chi connectivity index (χ4n) is 2.39. The second-order valence-corrected chi connectivity index (χ2v) is 5.22. The Morgan fingerprint density at radius 3 is 2.30 bits per heavy atom. The summed E-state index contributed by atoms with van der Waals surface area (Å²) in [5, 5.41) is 9.10. The number of carboxylic acids is 1. The third-order valence-electron chi connectivity index (χ3n) is 3.19. The molecule has 0 aromatic heterocycles. The van der Waals surface area contributed by atoms with Gasteiger partial charge in [-0.1, -0.05) is 13.8 Å². The van der Waals surface area contributed by atoms with E-state index in [1.165, 1.54) is 0 Å². The first-order valence-electron chi connectivity index (χ1n) is 6.32. The number of aliphatic carboxylic acids is 1. The lowest BCUT2D eigenvalue weighted by Crippen LogP contribution is -2.24. The molecule has 0 unspecified atom stereocenters. The molecule has 1 aromatic carbocycles. The van der Waals surface area contributed by atoms with Gasteiger partial charge in [0.25, 0.3) is 0 Å². The number of benzene rings is 1. The Morgan fingerprint density at radius 2 is 1.85 bits per heavy atom. The molecule has 0 atom stereocenters. The second-order valence-electron chi connectivity index (χ2n) is 5.22. The zero-order valence-corrected chi connectivity index (χ0v) is 12.6. The summed E-state index contributed by atoms with van der Waals surface area (Å²) < 4.78 is 16.0. The average molecular weight is 282 g/mol. The minimum Gasteiger partial charge on any atom is -0.496 e. The van der Waals surface area contributed by atoms with Gasteiger partial charge < -0.3 is 19.3 Å². The summed E-state index contributed by atoms with van der Waals surface area (Å²) in [6, 6.07) is 3.68. The summed E-state index contributed by atoms with van der Waals surface area (Å²) in [6.45, 7) is 4.11. The SMILES string of the molecule is COCc1ccc(OC)c(C(C)(C)CC(=O)O)c1OC. The Kier molecular flexibility index (Phi) is 5.39. The Bertz CT molecular complexity index is 479. The molecule has 0 bridgehead atoms. The number of carbonyl (C=O) groups is 1. The van der Waals surface area contributed by atoms with Crippen molar-refractivity contribution in [3.63, 3.8) is 0 Å². The van der Waals surface area contributed by atoms with E-state index in [1.54, 1.807) is 21.3 Å². The Balaban J connectivity index is 3.46. The summed E-state index contributed by atoms with van der Waals surface area (Å²) in [6.07, 6.45) is -0.0177. The summed E-state index contributed by atoms with van der Waals surface area (Å²) in [5.74, 6) is 0.377. The van der Waals surface area contributed by atoms with Crippen LogP contribution in [0.2, 0.25) is 0 Å². The Hall–Kier alpha value is -1.75. The molecule has 0 heterocycles. The van der Waals surface area contributed by atoms with E-state index in [0.29, 0.717) is 18.1 Å². The first-order chi connectivity index (χ1) is 9.37. The second kappa shape index (κ2) is 6.61. The predicted molar refractivity (Wildman–Crippen MR) is 75.5 cm³/mol. The van der Waals surface area contributed by atoms with Crippen LogP contribution in [0.15, 0.2) is 12.1 Å². The number of methoxy groups -OCH3 is 3. The van der Waals surface area contributed by atoms with Crippen molar-refractivity contribution in [2.45, 2.75) is 32.3 Å². The predicted octanol–water partition coefficient (Wildman–Crippen LogP) is 2.60. The minimum absolute atomic E-state index is 0.0177. The minimum atomic E-state index is -0.865. The zero-order chi connectivity index (χ0) is 15.3. The van der Waals surface area contributed by atoms with E-state index in [-0.39, 0.29) is 6.42 Å². The lowest BCUT2D eigenvalue weighted by atomic mass is 9.79. The third kappa shape index (κ3) is 3.42. The maximum Gasteiger partial charge on any atom is 0.304 e. The van der Waals surface area contributed by atoms with E-state index in [2.05, 4.69) is 0 Å². The topological polar surface area (TPSA) is 65.0 Å². The highest BCUT2D eigenvalue weighted by atomic mass is 16.5. The maximum atomic E-state index is 11.1. The molecule has 1 rings (SSSR count). The molecule has 1 N–H and O–H groups in total. The molecule has 0 amide bonds. The highest BCUT2D eigenvalue weighted by Gasteiger charge is 2.32.